The van der Waals surface area contributed by atoms with Crippen molar-refractivity contribution in [3.8, 4) is 5.75 Å². The van der Waals surface area contributed by atoms with E-state index in [0.717, 1.165) is 0 Å². The number of methoxy groups -OCH3 is 1. The molecule has 0 radical (unpaired) electrons. The van der Waals surface area contributed by atoms with E-state index < -0.39 is 53.6 Å². The summed E-state index contributed by atoms with van der Waals surface area (Å²) in [7, 11) is -4.44. The SMILES string of the molecule is COc1ccc(I(OS(=O)(=O)C(F)(F)F)c2ccc(CCC(=O)ON3C(=O)CCC3=O)cc2)cc1. The van der Waals surface area contributed by atoms with E-state index >= 15 is 0 Å². The third-order valence-electron chi connectivity index (χ3n) is 4.61. The number of alkyl halides is 3. The first-order chi connectivity index (χ1) is 16.4. The maximum atomic E-state index is 13.0. The molecule has 1 heterocycles. The normalized spacial score (nSPS) is 14.7. The standard InChI is InChI=1S/C21H19F3INO8S/c1-32-17-9-7-16(8-10-17)25(34-35(30,31)21(22,23)24)15-5-2-14(3-6-15)4-13-20(29)33-26-18(27)11-12-19(26)28/h2-3,5-10H,4,11-13H2,1H3. The van der Waals surface area contributed by atoms with Crippen LogP contribution in [0.4, 0.5) is 13.2 Å². The quantitative estimate of drug-likeness (QED) is 0.235. The van der Waals surface area contributed by atoms with Gasteiger partial charge in [-0.2, -0.15) is 0 Å². The molecule has 1 saturated heterocycles. The molecule has 0 aromatic heterocycles. The predicted octanol–water partition coefficient (Wildman–Crippen LogP) is 3.56. The molecule has 2 aromatic carbocycles. The Morgan fingerprint density at radius 2 is 1.49 bits per heavy atom. The number of hydroxylamine groups is 2. The van der Waals surface area contributed by atoms with E-state index in [2.05, 4.69) is 0 Å². The number of carbonyl (C=O) groups excluding carboxylic acids is 3. The molecule has 2 aromatic rings. The summed E-state index contributed by atoms with van der Waals surface area (Å²) in [4.78, 5) is 39.8. The van der Waals surface area contributed by atoms with Gasteiger partial charge >= 0.3 is 207 Å². The number of halogens is 4. The topological polar surface area (TPSA) is 116 Å². The summed E-state index contributed by atoms with van der Waals surface area (Å²) in [5.41, 5.74) is -4.98. The Morgan fingerprint density at radius 3 is 1.97 bits per heavy atom. The molecule has 35 heavy (non-hydrogen) atoms. The second-order valence-electron chi connectivity index (χ2n) is 7.04. The fourth-order valence-electron chi connectivity index (χ4n) is 2.82. The van der Waals surface area contributed by atoms with Crippen molar-refractivity contribution in [3.63, 3.8) is 0 Å². The average Bonchev–Trinajstić information content (AvgIpc) is 3.13. The van der Waals surface area contributed by atoms with Gasteiger partial charge in [0, 0.05) is 0 Å². The number of hydrogen-bond acceptors (Lipinski definition) is 8. The third kappa shape index (κ3) is 6.70. The van der Waals surface area contributed by atoms with E-state index in [1.54, 1.807) is 0 Å². The van der Waals surface area contributed by atoms with Crippen molar-refractivity contribution in [1.29, 1.82) is 0 Å². The molecule has 0 N–H and O–H groups in total. The van der Waals surface area contributed by atoms with Crippen molar-refractivity contribution >= 4 is 48.1 Å². The van der Waals surface area contributed by atoms with E-state index in [0.29, 0.717) is 19.9 Å². The Kier molecular flexibility index (Phi) is 8.38. The fraction of sp³-hybridized carbons (Fsp3) is 0.286. The summed E-state index contributed by atoms with van der Waals surface area (Å²) >= 11 is -3.56. The monoisotopic (exact) mass is 629 g/mol. The van der Waals surface area contributed by atoms with Crippen LogP contribution in [-0.4, -0.2) is 43.9 Å². The second-order valence-corrected chi connectivity index (χ2v) is 13.5. The third-order valence-corrected chi connectivity index (χ3v) is 11.7. The number of ether oxygens (including phenoxy) is 1. The summed E-state index contributed by atoms with van der Waals surface area (Å²) in [6.07, 6.45) is -0.0805. The number of rotatable bonds is 9. The van der Waals surface area contributed by atoms with Crippen LogP contribution in [0.1, 0.15) is 24.8 Å². The van der Waals surface area contributed by atoms with Crippen LogP contribution in [0.5, 0.6) is 5.75 Å². The van der Waals surface area contributed by atoms with Crippen molar-refractivity contribution < 1.29 is 48.1 Å². The molecule has 0 bridgehead atoms. The summed E-state index contributed by atoms with van der Waals surface area (Å²) in [6, 6.07) is 11.8. The van der Waals surface area contributed by atoms with Gasteiger partial charge in [0.1, 0.15) is 0 Å². The molecule has 0 unspecified atom stereocenters. The van der Waals surface area contributed by atoms with Gasteiger partial charge in [-0.3, -0.25) is 0 Å². The summed E-state index contributed by atoms with van der Waals surface area (Å²) in [5.74, 6) is -1.57. The molecule has 9 nitrogen and oxygen atoms in total. The number of nitrogens with zero attached hydrogens (tertiary/aromatic N) is 1. The van der Waals surface area contributed by atoms with Gasteiger partial charge in [0.2, 0.25) is 0 Å². The van der Waals surface area contributed by atoms with Gasteiger partial charge in [-0.1, -0.05) is 0 Å². The fourth-order valence-corrected chi connectivity index (χ4v) is 9.22. The van der Waals surface area contributed by atoms with Crippen LogP contribution in [0.3, 0.4) is 0 Å². The Hall–Kier alpha value is -2.72. The molecular formula is C21H19F3INO8S. The molecule has 3 rings (SSSR count). The number of imide groups is 1. The summed E-state index contributed by atoms with van der Waals surface area (Å²) in [5, 5.41) is 0.440. The van der Waals surface area contributed by atoms with Crippen molar-refractivity contribution in [2.45, 2.75) is 31.2 Å². The molecule has 1 aliphatic heterocycles. The van der Waals surface area contributed by atoms with E-state index in [9.17, 15) is 36.0 Å². The zero-order chi connectivity index (χ0) is 25.8. The minimum absolute atomic E-state index is 0.0283. The van der Waals surface area contributed by atoms with Crippen molar-refractivity contribution in [3.05, 3.63) is 61.2 Å². The van der Waals surface area contributed by atoms with Crippen molar-refractivity contribution in [2.24, 2.45) is 0 Å². The molecule has 0 saturated carbocycles. The van der Waals surface area contributed by atoms with Crippen molar-refractivity contribution in [2.75, 3.05) is 7.11 Å². The number of hydrogen-bond donors (Lipinski definition) is 0. The van der Waals surface area contributed by atoms with E-state index in [-0.39, 0.29) is 29.3 Å². The zero-order valence-electron chi connectivity index (χ0n) is 18.1. The van der Waals surface area contributed by atoms with Crippen LogP contribution in [0, 0.1) is 7.14 Å². The van der Waals surface area contributed by atoms with Crippen LogP contribution >= 0.6 is 20.2 Å². The first kappa shape index (κ1) is 26.9. The molecule has 1 fully saturated rings. The van der Waals surface area contributed by atoms with E-state index in [1.807, 2.05) is 0 Å². The van der Waals surface area contributed by atoms with Crippen molar-refractivity contribution in [1.82, 2.24) is 5.06 Å². The van der Waals surface area contributed by atoms with Crippen LogP contribution in [0.25, 0.3) is 0 Å². The molecule has 190 valence electrons. The zero-order valence-corrected chi connectivity index (χ0v) is 21.1. The Morgan fingerprint density at radius 1 is 0.971 bits per heavy atom. The van der Waals surface area contributed by atoms with Gasteiger partial charge < -0.3 is 0 Å². The van der Waals surface area contributed by atoms with Gasteiger partial charge in [-0.25, -0.2) is 0 Å². The number of carbonyl (C=O) groups is 3. The van der Waals surface area contributed by atoms with Crippen LogP contribution < -0.4 is 4.74 Å². The Balaban J connectivity index is 1.74. The van der Waals surface area contributed by atoms with Crippen LogP contribution in [0.2, 0.25) is 0 Å². The molecule has 0 atom stereocenters. The number of aryl methyl sites for hydroxylation is 1. The Labute approximate surface area is 206 Å². The molecule has 0 aliphatic carbocycles. The van der Waals surface area contributed by atoms with E-state index in [1.165, 1.54) is 55.6 Å². The van der Waals surface area contributed by atoms with Crippen LogP contribution in [-0.2, 0) is 38.3 Å². The maximum absolute atomic E-state index is 13.0. The molecule has 0 spiro atoms. The number of benzene rings is 2. The predicted molar refractivity (Wildman–Crippen MR) is 122 cm³/mol. The van der Waals surface area contributed by atoms with Gasteiger partial charge in [0.15, 0.2) is 0 Å². The molecule has 1 aliphatic rings. The number of amides is 2. The molecular weight excluding hydrogens is 610 g/mol. The molecule has 14 heteroatoms. The van der Waals surface area contributed by atoms with Gasteiger partial charge in [-0.15, -0.1) is 0 Å². The average molecular weight is 629 g/mol. The van der Waals surface area contributed by atoms with Gasteiger partial charge in [0.25, 0.3) is 0 Å². The van der Waals surface area contributed by atoms with Gasteiger partial charge in [-0.05, 0) is 0 Å². The first-order valence-electron chi connectivity index (χ1n) is 9.92. The summed E-state index contributed by atoms with van der Waals surface area (Å²) in [6.45, 7) is 0. The molecule has 2 amide bonds. The van der Waals surface area contributed by atoms with E-state index in [4.69, 9.17) is 12.1 Å². The van der Waals surface area contributed by atoms with Gasteiger partial charge in [0.05, 0.1) is 0 Å². The summed E-state index contributed by atoms with van der Waals surface area (Å²) < 4.78 is 72.7. The Bertz CT molecular complexity index is 1180. The second kappa shape index (κ2) is 10.9. The first-order valence-corrected chi connectivity index (χ1v) is 14.4. The van der Waals surface area contributed by atoms with Crippen LogP contribution in [0.15, 0.2) is 48.5 Å². The minimum atomic E-state index is -5.84.